The number of rotatable bonds is 1. The second kappa shape index (κ2) is 4.34. The summed E-state index contributed by atoms with van der Waals surface area (Å²) in [6, 6.07) is 8.82. The Labute approximate surface area is 121 Å². The highest BCUT2D eigenvalue weighted by atomic mass is 15.0. The zero-order chi connectivity index (χ0) is 14.5. The molecule has 1 aromatic heterocycles. The number of nitrogens with zero attached hydrogens (tertiary/aromatic N) is 2. The second-order valence-electron chi connectivity index (χ2n) is 6.42. The van der Waals surface area contributed by atoms with Crippen molar-refractivity contribution < 1.29 is 0 Å². The first-order valence-electron chi connectivity index (χ1n) is 7.22. The van der Waals surface area contributed by atoms with Crippen molar-refractivity contribution in [3.8, 4) is 0 Å². The summed E-state index contributed by atoms with van der Waals surface area (Å²) < 4.78 is 2.10. The van der Waals surface area contributed by atoms with Gasteiger partial charge in [-0.25, -0.2) is 4.98 Å². The Bertz CT molecular complexity index is 689. The number of benzene rings is 1. The number of allylic oxidation sites excluding steroid dienone is 2. The minimum Gasteiger partial charge on any atom is -0.334 e. The highest BCUT2D eigenvalue weighted by molar-refractivity contribution is 5.94. The van der Waals surface area contributed by atoms with E-state index in [1.807, 2.05) is 12.5 Å². The molecule has 104 valence electrons. The van der Waals surface area contributed by atoms with E-state index in [0.717, 1.165) is 0 Å². The van der Waals surface area contributed by atoms with Gasteiger partial charge < -0.3 is 4.57 Å². The van der Waals surface area contributed by atoms with E-state index in [-0.39, 0.29) is 5.41 Å². The lowest BCUT2D eigenvalue weighted by Crippen LogP contribution is -2.21. The normalized spacial score (nSPS) is 22.8. The lowest BCUT2D eigenvalue weighted by atomic mass is 9.78. The summed E-state index contributed by atoms with van der Waals surface area (Å²) in [5.41, 5.74) is 7.07. The van der Waals surface area contributed by atoms with Gasteiger partial charge in [0.25, 0.3) is 0 Å². The van der Waals surface area contributed by atoms with Gasteiger partial charge in [-0.15, -0.1) is 0 Å². The van der Waals surface area contributed by atoms with E-state index in [2.05, 4.69) is 68.6 Å². The third-order valence-corrected chi connectivity index (χ3v) is 5.03. The lowest BCUT2D eigenvalue weighted by molar-refractivity contribution is 0.442. The number of aromatic nitrogens is 2. The first-order valence-corrected chi connectivity index (χ1v) is 7.22. The van der Waals surface area contributed by atoms with Crippen molar-refractivity contribution in [2.24, 2.45) is 13.0 Å². The van der Waals surface area contributed by atoms with Gasteiger partial charge >= 0.3 is 0 Å². The van der Waals surface area contributed by atoms with Crippen molar-refractivity contribution in [2.45, 2.75) is 33.1 Å². The van der Waals surface area contributed by atoms with Crippen LogP contribution < -0.4 is 0 Å². The van der Waals surface area contributed by atoms with Gasteiger partial charge in [0, 0.05) is 7.05 Å². The van der Waals surface area contributed by atoms with Gasteiger partial charge in [-0.2, -0.15) is 0 Å². The molecule has 0 spiro atoms. The number of hydrogen-bond acceptors (Lipinski definition) is 1. The minimum atomic E-state index is 0.186. The fourth-order valence-electron chi connectivity index (χ4n) is 3.49. The Morgan fingerprint density at radius 3 is 2.60 bits per heavy atom. The van der Waals surface area contributed by atoms with Gasteiger partial charge in [0.15, 0.2) is 0 Å². The zero-order valence-corrected chi connectivity index (χ0v) is 12.9. The molecule has 1 aliphatic rings. The Morgan fingerprint density at radius 2 is 1.95 bits per heavy atom. The Balaban J connectivity index is 2.28. The summed E-state index contributed by atoms with van der Waals surface area (Å²) in [6.07, 6.45) is 3.83. The van der Waals surface area contributed by atoms with Crippen molar-refractivity contribution in [1.29, 1.82) is 0 Å². The molecule has 3 rings (SSSR count). The molecule has 2 heteroatoms. The molecule has 1 atom stereocenters. The summed E-state index contributed by atoms with van der Waals surface area (Å²) in [5, 5.41) is 0. The first-order chi connectivity index (χ1) is 9.44. The molecule has 0 N–H and O–H groups in total. The lowest BCUT2D eigenvalue weighted by Gasteiger charge is -2.26. The minimum absolute atomic E-state index is 0.186. The van der Waals surface area contributed by atoms with Gasteiger partial charge in [-0.05, 0) is 40.5 Å². The zero-order valence-electron chi connectivity index (χ0n) is 12.9. The smallest absolute Gasteiger partial charge is 0.0948 e. The second-order valence-corrected chi connectivity index (χ2v) is 6.42. The number of fused-ring (bicyclic) bond motifs is 1. The van der Waals surface area contributed by atoms with Crippen LogP contribution in [0.15, 0.2) is 36.8 Å². The van der Waals surface area contributed by atoms with E-state index in [4.69, 9.17) is 0 Å². The molecule has 0 radical (unpaired) electrons. The van der Waals surface area contributed by atoms with Gasteiger partial charge in [-0.1, -0.05) is 45.0 Å². The van der Waals surface area contributed by atoms with Crippen LogP contribution in [0.1, 0.15) is 44.5 Å². The third kappa shape index (κ3) is 1.67. The van der Waals surface area contributed by atoms with E-state index < -0.39 is 0 Å². The predicted octanol–water partition coefficient (Wildman–Crippen LogP) is 4.28. The van der Waals surface area contributed by atoms with Crippen LogP contribution in [0.25, 0.3) is 11.1 Å². The molecule has 1 aromatic carbocycles. The maximum absolute atomic E-state index is 4.26. The van der Waals surface area contributed by atoms with Crippen molar-refractivity contribution in [2.75, 3.05) is 0 Å². The molecule has 1 unspecified atom stereocenters. The number of hydrogen-bond donors (Lipinski definition) is 0. The van der Waals surface area contributed by atoms with Crippen LogP contribution in [-0.4, -0.2) is 9.55 Å². The Hall–Kier alpha value is -1.83. The molecule has 20 heavy (non-hydrogen) atoms. The van der Waals surface area contributed by atoms with E-state index in [0.29, 0.717) is 5.92 Å². The highest BCUT2D eigenvalue weighted by Crippen LogP contribution is 2.51. The first kappa shape index (κ1) is 13.2. The van der Waals surface area contributed by atoms with E-state index in [9.17, 15) is 0 Å². The van der Waals surface area contributed by atoms with E-state index >= 15 is 0 Å². The molecule has 2 nitrogen and oxygen atoms in total. The topological polar surface area (TPSA) is 17.8 Å². The van der Waals surface area contributed by atoms with Crippen molar-refractivity contribution >= 4 is 11.1 Å². The fourth-order valence-corrected chi connectivity index (χ4v) is 3.49. The van der Waals surface area contributed by atoms with Crippen LogP contribution in [0.3, 0.4) is 0 Å². The number of imidazole rings is 1. The summed E-state index contributed by atoms with van der Waals surface area (Å²) >= 11 is 0. The van der Waals surface area contributed by atoms with Gasteiger partial charge in [0.05, 0.1) is 18.2 Å². The molecule has 1 heterocycles. The average molecular weight is 266 g/mol. The monoisotopic (exact) mass is 266 g/mol. The van der Waals surface area contributed by atoms with Crippen LogP contribution in [0.5, 0.6) is 0 Å². The SMILES string of the molecule is C/C(=C1\c2ccccc2C(C)(C)C1C)c1cncn1C. The molecular formula is C18H22N2. The number of aryl methyl sites for hydroxylation is 1. The van der Waals surface area contributed by atoms with Crippen LogP contribution in [0.2, 0.25) is 0 Å². The van der Waals surface area contributed by atoms with Crippen LogP contribution >= 0.6 is 0 Å². The van der Waals surface area contributed by atoms with Crippen molar-refractivity contribution in [3.63, 3.8) is 0 Å². The third-order valence-electron chi connectivity index (χ3n) is 5.03. The van der Waals surface area contributed by atoms with Gasteiger partial charge in [0.1, 0.15) is 0 Å². The molecule has 0 amide bonds. The maximum atomic E-state index is 4.26. The molecule has 0 aliphatic heterocycles. The molecule has 0 fully saturated rings. The molecule has 0 saturated heterocycles. The average Bonchev–Trinajstić information content (AvgIpc) is 2.92. The predicted molar refractivity (Wildman–Crippen MR) is 84.3 cm³/mol. The highest BCUT2D eigenvalue weighted by Gasteiger charge is 2.40. The summed E-state index contributed by atoms with van der Waals surface area (Å²) in [5.74, 6) is 0.509. The summed E-state index contributed by atoms with van der Waals surface area (Å²) in [6.45, 7) is 9.26. The maximum Gasteiger partial charge on any atom is 0.0948 e. The fraction of sp³-hybridized carbons (Fsp3) is 0.389. The van der Waals surface area contributed by atoms with Crippen LogP contribution in [-0.2, 0) is 12.5 Å². The molecule has 1 aliphatic carbocycles. The molecular weight excluding hydrogens is 244 g/mol. The van der Waals surface area contributed by atoms with Gasteiger partial charge in [0.2, 0.25) is 0 Å². The Morgan fingerprint density at radius 1 is 1.25 bits per heavy atom. The van der Waals surface area contributed by atoms with E-state index in [1.54, 1.807) is 0 Å². The standard InChI is InChI=1S/C18H22N2/c1-12(16-10-19-11-20(16)5)17-13(2)18(3,4)15-9-7-6-8-14(15)17/h6-11,13H,1-5H3/b17-12+. The van der Waals surface area contributed by atoms with Crippen molar-refractivity contribution in [3.05, 3.63) is 53.6 Å². The Kier molecular flexibility index (Phi) is 2.86. The van der Waals surface area contributed by atoms with Crippen molar-refractivity contribution in [1.82, 2.24) is 9.55 Å². The quantitative estimate of drug-likeness (QED) is 0.753. The van der Waals surface area contributed by atoms with Crippen LogP contribution in [0.4, 0.5) is 0 Å². The largest absolute Gasteiger partial charge is 0.334 e. The van der Waals surface area contributed by atoms with Gasteiger partial charge in [-0.3, -0.25) is 0 Å². The van der Waals surface area contributed by atoms with Crippen LogP contribution in [0, 0.1) is 5.92 Å². The molecule has 2 aromatic rings. The van der Waals surface area contributed by atoms with E-state index in [1.165, 1.54) is 28.0 Å². The summed E-state index contributed by atoms with van der Waals surface area (Å²) in [4.78, 5) is 4.26. The molecule has 0 saturated carbocycles. The molecule has 0 bridgehead atoms. The summed E-state index contributed by atoms with van der Waals surface area (Å²) in [7, 11) is 2.06.